The Morgan fingerprint density at radius 3 is 2.62 bits per heavy atom. The summed E-state index contributed by atoms with van der Waals surface area (Å²) in [6.07, 6.45) is 2.60. The van der Waals surface area contributed by atoms with Crippen molar-refractivity contribution in [2.45, 2.75) is 33.0 Å². The van der Waals surface area contributed by atoms with E-state index in [2.05, 4.69) is 20.6 Å². The average Bonchev–Trinajstić information content (AvgIpc) is 3.02. The Morgan fingerprint density at radius 1 is 1.29 bits per heavy atom. The van der Waals surface area contributed by atoms with Crippen LogP contribution in [-0.4, -0.2) is 22.1 Å². The van der Waals surface area contributed by atoms with Gasteiger partial charge in [-0.1, -0.05) is 30.3 Å². The van der Waals surface area contributed by atoms with Crippen LogP contribution in [0.3, 0.4) is 0 Å². The van der Waals surface area contributed by atoms with Gasteiger partial charge in [0, 0.05) is 18.9 Å². The first-order valence-electron chi connectivity index (χ1n) is 7.51. The Balaban J connectivity index is 0.00000288. The number of alkyl halides is 2. The van der Waals surface area contributed by atoms with Crippen LogP contribution in [0.4, 0.5) is 8.78 Å². The van der Waals surface area contributed by atoms with Crippen LogP contribution < -0.4 is 10.6 Å². The topological polar surface area (TPSA) is 54.2 Å². The average molecular weight is 449 g/mol. The van der Waals surface area contributed by atoms with Gasteiger partial charge in [0.15, 0.2) is 5.96 Å². The molecule has 8 heteroatoms. The molecule has 0 amide bonds. The summed E-state index contributed by atoms with van der Waals surface area (Å²) >= 11 is 0. The highest BCUT2D eigenvalue weighted by atomic mass is 127. The van der Waals surface area contributed by atoms with Crippen molar-refractivity contribution in [1.29, 1.82) is 0 Å². The number of hydrogen-bond donors (Lipinski definition) is 2. The molecule has 0 saturated carbocycles. The SMILES string of the molecule is CCNC(=NCc1nccn1C(F)F)NC(C)c1ccccc1.I. The highest BCUT2D eigenvalue weighted by Gasteiger charge is 2.12. The fourth-order valence-corrected chi connectivity index (χ4v) is 2.14. The lowest BCUT2D eigenvalue weighted by molar-refractivity contribution is 0.0671. The van der Waals surface area contributed by atoms with Crippen molar-refractivity contribution in [3.8, 4) is 0 Å². The first-order valence-corrected chi connectivity index (χ1v) is 7.51. The zero-order valence-corrected chi connectivity index (χ0v) is 15.9. The number of rotatable bonds is 6. The highest BCUT2D eigenvalue weighted by molar-refractivity contribution is 14.0. The van der Waals surface area contributed by atoms with Gasteiger partial charge in [0.2, 0.25) is 0 Å². The van der Waals surface area contributed by atoms with E-state index >= 15 is 0 Å². The number of halogens is 3. The molecule has 0 aliphatic carbocycles. The minimum absolute atomic E-state index is 0. The standard InChI is InChI=1S/C16H21F2N5.HI/c1-3-19-16(22-12(2)13-7-5-4-6-8-13)21-11-14-20-9-10-23(14)15(17)18;/h4-10,12,15H,3,11H2,1-2H3,(H2,19,21,22);1H. The van der Waals surface area contributed by atoms with Gasteiger partial charge in [-0.25, -0.2) is 9.98 Å². The van der Waals surface area contributed by atoms with Crippen LogP contribution in [-0.2, 0) is 6.54 Å². The number of nitrogens with one attached hydrogen (secondary N) is 2. The maximum absolute atomic E-state index is 12.8. The number of nitrogens with zero attached hydrogens (tertiary/aromatic N) is 3. The van der Waals surface area contributed by atoms with Gasteiger partial charge in [0.25, 0.3) is 0 Å². The van der Waals surface area contributed by atoms with Crippen molar-refractivity contribution in [1.82, 2.24) is 20.2 Å². The molecule has 2 aromatic rings. The molecule has 2 rings (SSSR count). The lowest BCUT2D eigenvalue weighted by Crippen LogP contribution is -2.38. The monoisotopic (exact) mass is 449 g/mol. The van der Waals surface area contributed by atoms with E-state index in [1.165, 1.54) is 12.4 Å². The largest absolute Gasteiger partial charge is 0.357 e. The van der Waals surface area contributed by atoms with Crippen LogP contribution in [0.2, 0.25) is 0 Å². The van der Waals surface area contributed by atoms with Crippen LogP contribution in [0.1, 0.15) is 37.8 Å². The van der Waals surface area contributed by atoms with E-state index < -0.39 is 6.55 Å². The highest BCUT2D eigenvalue weighted by Crippen LogP contribution is 2.13. The second-order valence-electron chi connectivity index (χ2n) is 5.00. The first-order chi connectivity index (χ1) is 11.1. The molecule has 0 aliphatic rings. The number of hydrogen-bond acceptors (Lipinski definition) is 2. The van der Waals surface area contributed by atoms with E-state index in [1.807, 2.05) is 44.2 Å². The second-order valence-corrected chi connectivity index (χ2v) is 5.00. The number of guanidine groups is 1. The summed E-state index contributed by atoms with van der Waals surface area (Å²) in [7, 11) is 0. The fraction of sp³-hybridized carbons (Fsp3) is 0.375. The van der Waals surface area contributed by atoms with Gasteiger partial charge in [0.05, 0.1) is 6.04 Å². The zero-order chi connectivity index (χ0) is 16.7. The fourth-order valence-electron chi connectivity index (χ4n) is 2.14. The molecule has 1 atom stereocenters. The van der Waals surface area contributed by atoms with Crippen molar-refractivity contribution in [3.05, 3.63) is 54.1 Å². The molecule has 1 aromatic carbocycles. The zero-order valence-electron chi connectivity index (χ0n) is 13.6. The third kappa shape index (κ3) is 5.73. The molecule has 2 N–H and O–H groups in total. The van der Waals surface area contributed by atoms with Crippen molar-refractivity contribution < 1.29 is 8.78 Å². The van der Waals surface area contributed by atoms with Gasteiger partial charge >= 0.3 is 6.55 Å². The molecule has 0 spiro atoms. The molecule has 0 radical (unpaired) electrons. The molecule has 0 bridgehead atoms. The van der Waals surface area contributed by atoms with Crippen LogP contribution in [0, 0.1) is 0 Å². The third-order valence-corrected chi connectivity index (χ3v) is 3.33. The second kappa shape index (κ2) is 10.2. The van der Waals surface area contributed by atoms with Crippen molar-refractivity contribution >= 4 is 29.9 Å². The molecular formula is C16H22F2IN5. The molecule has 132 valence electrons. The number of imidazole rings is 1. The lowest BCUT2D eigenvalue weighted by atomic mass is 10.1. The predicted octanol–water partition coefficient (Wildman–Crippen LogP) is 3.71. The normalized spacial score (nSPS) is 12.6. The van der Waals surface area contributed by atoms with Crippen LogP contribution >= 0.6 is 24.0 Å². The summed E-state index contributed by atoms with van der Waals surface area (Å²) < 4.78 is 26.4. The summed E-state index contributed by atoms with van der Waals surface area (Å²) in [5, 5.41) is 6.37. The van der Waals surface area contributed by atoms with E-state index in [-0.39, 0.29) is 42.4 Å². The van der Waals surface area contributed by atoms with Gasteiger partial charge in [-0.15, -0.1) is 24.0 Å². The van der Waals surface area contributed by atoms with E-state index in [0.29, 0.717) is 12.5 Å². The van der Waals surface area contributed by atoms with E-state index in [9.17, 15) is 8.78 Å². The van der Waals surface area contributed by atoms with Crippen LogP contribution in [0.25, 0.3) is 0 Å². The maximum Gasteiger partial charge on any atom is 0.319 e. The van der Waals surface area contributed by atoms with Gasteiger partial charge < -0.3 is 10.6 Å². The van der Waals surface area contributed by atoms with E-state index in [1.54, 1.807) is 0 Å². The summed E-state index contributed by atoms with van der Waals surface area (Å²) in [5.41, 5.74) is 1.12. The Morgan fingerprint density at radius 2 is 2.00 bits per heavy atom. The third-order valence-electron chi connectivity index (χ3n) is 3.33. The van der Waals surface area contributed by atoms with Gasteiger partial charge in [0.1, 0.15) is 12.4 Å². The van der Waals surface area contributed by atoms with Gasteiger partial charge in [-0.05, 0) is 19.4 Å². The smallest absolute Gasteiger partial charge is 0.319 e. The van der Waals surface area contributed by atoms with Gasteiger partial charge in [-0.3, -0.25) is 4.57 Å². The number of aliphatic imine (C=N–C) groups is 1. The van der Waals surface area contributed by atoms with Gasteiger partial charge in [-0.2, -0.15) is 8.78 Å². The number of aromatic nitrogens is 2. The van der Waals surface area contributed by atoms with Crippen molar-refractivity contribution in [2.75, 3.05) is 6.54 Å². The van der Waals surface area contributed by atoms with Crippen LogP contribution in [0.15, 0.2) is 47.7 Å². The van der Waals surface area contributed by atoms with E-state index in [0.717, 1.165) is 10.1 Å². The molecule has 1 heterocycles. The Labute approximate surface area is 157 Å². The van der Waals surface area contributed by atoms with E-state index in [4.69, 9.17) is 0 Å². The minimum atomic E-state index is -2.61. The molecule has 0 fully saturated rings. The summed E-state index contributed by atoms with van der Waals surface area (Å²) in [5.74, 6) is 0.789. The molecule has 0 saturated heterocycles. The molecular weight excluding hydrogens is 427 g/mol. The predicted molar refractivity (Wildman–Crippen MR) is 102 cm³/mol. The molecule has 1 aromatic heterocycles. The molecule has 5 nitrogen and oxygen atoms in total. The molecule has 1 unspecified atom stereocenters. The number of benzene rings is 1. The Hall–Kier alpha value is -1.71. The Kier molecular flexibility index (Phi) is 8.66. The van der Waals surface area contributed by atoms with Crippen molar-refractivity contribution in [2.24, 2.45) is 4.99 Å². The first kappa shape index (κ1) is 20.3. The molecule has 24 heavy (non-hydrogen) atoms. The van der Waals surface area contributed by atoms with Crippen molar-refractivity contribution in [3.63, 3.8) is 0 Å². The lowest BCUT2D eigenvalue weighted by Gasteiger charge is -2.18. The van der Waals surface area contributed by atoms with Crippen LogP contribution in [0.5, 0.6) is 0 Å². The maximum atomic E-state index is 12.8. The summed E-state index contributed by atoms with van der Waals surface area (Å²) in [6, 6.07) is 9.98. The minimum Gasteiger partial charge on any atom is -0.357 e. The summed E-state index contributed by atoms with van der Waals surface area (Å²) in [6.45, 7) is 2.11. The Bertz CT molecular complexity index is 630. The quantitative estimate of drug-likeness (QED) is 0.402. The molecule has 0 aliphatic heterocycles. The summed E-state index contributed by atoms with van der Waals surface area (Å²) in [4.78, 5) is 8.27.